The Kier molecular flexibility index (Phi) is 3.98. The van der Waals surface area contributed by atoms with E-state index in [2.05, 4.69) is 6.92 Å². The molecule has 19 heavy (non-hydrogen) atoms. The van der Waals surface area contributed by atoms with Crippen LogP contribution in [0, 0.1) is 11.8 Å². The van der Waals surface area contributed by atoms with Crippen LogP contribution < -0.4 is 9.47 Å². The standard InChI is InChI=1S/C15H20O4/c1-9(6-10-7-13(10)15(16)17)12-8-11(18-2)4-5-14(12)19-3/h4-5,8-10,13H,6-7H2,1-3H3,(H,16,17). The van der Waals surface area contributed by atoms with Gasteiger partial charge in [-0.15, -0.1) is 0 Å². The lowest BCUT2D eigenvalue weighted by molar-refractivity contribution is -0.138. The van der Waals surface area contributed by atoms with Gasteiger partial charge in [0.2, 0.25) is 0 Å². The van der Waals surface area contributed by atoms with E-state index < -0.39 is 5.97 Å². The smallest absolute Gasteiger partial charge is 0.306 e. The molecule has 0 spiro atoms. The topological polar surface area (TPSA) is 55.8 Å². The molecular weight excluding hydrogens is 244 g/mol. The third kappa shape index (κ3) is 3.00. The van der Waals surface area contributed by atoms with Gasteiger partial charge in [0.1, 0.15) is 11.5 Å². The zero-order valence-corrected chi connectivity index (χ0v) is 11.6. The van der Waals surface area contributed by atoms with Crippen molar-refractivity contribution in [2.75, 3.05) is 14.2 Å². The third-order valence-electron chi connectivity index (χ3n) is 3.86. The van der Waals surface area contributed by atoms with Crippen molar-refractivity contribution in [1.82, 2.24) is 0 Å². The van der Waals surface area contributed by atoms with E-state index in [9.17, 15) is 4.79 Å². The number of aliphatic carboxylic acids is 1. The molecule has 1 fully saturated rings. The van der Waals surface area contributed by atoms with Crippen LogP contribution in [-0.4, -0.2) is 25.3 Å². The first-order valence-electron chi connectivity index (χ1n) is 6.51. The molecule has 3 atom stereocenters. The summed E-state index contributed by atoms with van der Waals surface area (Å²) in [6.07, 6.45) is 1.67. The van der Waals surface area contributed by atoms with Gasteiger partial charge in [-0.1, -0.05) is 6.92 Å². The van der Waals surface area contributed by atoms with Crippen molar-refractivity contribution in [3.8, 4) is 11.5 Å². The Morgan fingerprint density at radius 3 is 2.68 bits per heavy atom. The lowest BCUT2D eigenvalue weighted by Crippen LogP contribution is -2.03. The molecule has 1 aliphatic rings. The quantitative estimate of drug-likeness (QED) is 0.858. The van der Waals surface area contributed by atoms with Gasteiger partial charge in [0.05, 0.1) is 20.1 Å². The summed E-state index contributed by atoms with van der Waals surface area (Å²) < 4.78 is 10.6. The van der Waals surface area contributed by atoms with Crippen molar-refractivity contribution in [2.45, 2.75) is 25.7 Å². The Morgan fingerprint density at radius 1 is 1.42 bits per heavy atom. The van der Waals surface area contributed by atoms with Crippen molar-refractivity contribution in [3.05, 3.63) is 23.8 Å². The van der Waals surface area contributed by atoms with Gasteiger partial charge in [-0.2, -0.15) is 0 Å². The van der Waals surface area contributed by atoms with Gasteiger partial charge in [0.15, 0.2) is 0 Å². The molecule has 1 aliphatic carbocycles. The Morgan fingerprint density at radius 2 is 2.16 bits per heavy atom. The zero-order chi connectivity index (χ0) is 14.0. The van der Waals surface area contributed by atoms with E-state index in [4.69, 9.17) is 14.6 Å². The van der Waals surface area contributed by atoms with Crippen LogP contribution in [0.2, 0.25) is 0 Å². The maximum absolute atomic E-state index is 10.9. The highest BCUT2D eigenvalue weighted by atomic mass is 16.5. The van der Waals surface area contributed by atoms with Gasteiger partial charge in [-0.05, 0) is 42.9 Å². The van der Waals surface area contributed by atoms with E-state index in [0.29, 0.717) is 5.92 Å². The molecule has 4 nitrogen and oxygen atoms in total. The maximum atomic E-state index is 10.9. The van der Waals surface area contributed by atoms with E-state index in [-0.39, 0.29) is 11.8 Å². The average molecular weight is 264 g/mol. The highest BCUT2D eigenvalue weighted by Gasteiger charge is 2.43. The van der Waals surface area contributed by atoms with Gasteiger partial charge in [-0.25, -0.2) is 0 Å². The Bertz CT molecular complexity index is 469. The first-order chi connectivity index (χ1) is 9.06. The molecule has 0 saturated heterocycles. The normalized spacial score (nSPS) is 22.7. The monoisotopic (exact) mass is 264 g/mol. The van der Waals surface area contributed by atoms with Crippen LogP contribution in [0.3, 0.4) is 0 Å². The fourth-order valence-corrected chi connectivity index (χ4v) is 2.62. The number of ether oxygens (including phenoxy) is 2. The first-order valence-corrected chi connectivity index (χ1v) is 6.51. The number of rotatable bonds is 6. The molecule has 0 aliphatic heterocycles. The van der Waals surface area contributed by atoms with E-state index in [1.165, 1.54) is 0 Å². The molecule has 1 N–H and O–H groups in total. The second-order valence-corrected chi connectivity index (χ2v) is 5.19. The summed E-state index contributed by atoms with van der Waals surface area (Å²) >= 11 is 0. The van der Waals surface area contributed by atoms with Gasteiger partial charge in [0.25, 0.3) is 0 Å². The molecule has 0 heterocycles. The van der Waals surface area contributed by atoms with E-state index in [1.807, 2.05) is 18.2 Å². The van der Waals surface area contributed by atoms with E-state index in [1.54, 1.807) is 14.2 Å². The van der Waals surface area contributed by atoms with Crippen molar-refractivity contribution < 1.29 is 19.4 Å². The summed E-state index contributed by atoms with van der Waals surface area (Å²) in [6.45, 7) is 2.11. The number of hydrogen-bond acceptors (Lipinski definition) is 3. The molecule has 0 bridgehead atoms. The predicted molar refractivity (Wildman–Crippen MR) is 71.8 cm³/mol. The first kappa shape index (κ1) is 13.7. The third-order valence-corrected chi connectivity index (χ3v) is 3.86. The molecule has 0 amide bonds. The number of benzene rings is 1. The van der Waals surface area contributed by atoms with Crippen LogP contribution in [0.5, 0.6) is 11.5 Å². The Balaban J connectivity index is 2.09. The molecule has 1 aromatic rings. The summed E-state index contributed by atoms with van der Waals surface area (Å²) in [5.41, 5.74) is 1.08. The molecule has 4 heteroatoms. The summed E-state index contributed by atoms with van der Waals surface area (Å²) in [4.78, 5) is 10.9. The molecule has 0 aromatic heterocycles. The average Bonchev–Trinajstić information content (AvgIpc) is 3.17. The molecule has 3 unspecified atom stereocenters. The fraction of sp³-hybridized carbons (Fsp3) is 0.533. The minimum Gasteiger partial charge on any atom is -0.497 e. The van der Waals surface area contributed by atoms with Gasteiger partial charge >= 0.3 is 5.97 Å². The second-order valence-electron chi connectivity index (χ2n) is 5.19. The number of methoxy groups -OCH3 is 2. The number of carboxylic acid groups (broad SMARTS) is 1. The number of carboxylic acids is 1. The lowest BCUT2D eigenvalue weighted by atomic mass is 9.93. The molecular formula is C15H20O4. The van der Waals surface area contributed by atoms with Crippen LogP contribution in [0.15, 0.2) is 18.2 Å². The second kappa shape index (κ2) is 5.51. The summed E-state index contributed by atoms with van der Waals surface area (Å²) in [5, 5.41) is 8.95. The van der Waals surface area contributed by atoms with Crippen molar-refractivity contribution in [2.24, 2.45) is 11.8 Å². The molecule has 104 valence electrons. The van der Waals surface area contributed by atoms with Crippen LogP contribution in [0.25, 0.3) is 0 Å². The van der Waals surface area contributed by atoms with Crippen LogP contribution >= 0.6 is 0 Å². The Hall–Kier alpha value is -1.71. The van der Waals surface area contributed by atoms with Crippen molar-refractivity contribution in [3.63, 3.8) is 0 Å². The zero-order valence-electron chi connectivity index (χ0n) is 11.6. The van der Waals surface area contributed by atoms with Gasteiger partial charge < -0.3 is 14.6 Å². The summed E-state index contributed by atoms with van der Waals surface area (Å²) in [5.74, 6) is 1.37. The largest absolute Gasteiger partial charge is 0.497 e. The highest BCUT2D eigenvalue weighted by Crippen LogP contribution is 2.46. The van der Waals surface area contributed by atoms with Crippen molar-refractivity contribution >= 4 is 5.97 Å². The van der Waals surface area contributed by atoms with Crippen LogP contribution in [0.4, 0.5) is 0 Å². The highest BCUT2D eigenvalue weighted by molar-refractivity contribution is 5.73. The number of carbonyl (C=O) groups is 1. The molecule has 2 rings (SSSR count). The summed E-state index contributed by atoms with van der Waals surface area (Å²) in [7, 11) is 3.28. The van der Waals surface area contributed by atoms with Gasteiger partial charge in [-0.3, -0.25) is 4.79 Å². The Labute approximate surface area is 113 Å². The minimum atomic E-state index is -0.671. The van der Waals surface area contributed by atoms with Gasteiger partial charge in [0, 0.05) is 5.56 Å². The lowest BCUT2D eigenvalue weighted by Gasteiger charge is -2.16. The van der Waals surface area contributed by atoms with Crippen LogP contribution in [-0.2, 0) is 4.79 Å². The SMILES string of the molecule is COc1ccc(OC)c(C(C)CC2CC2C(=O)O)c1. The fourth-order valence-electron chi connectivity index (χ4n) is 2.62. The van der Waals surface area contributed by atoms with E-state index >= 15 is 0 Å². The number of hydrogen-bond donors (Lipinski definition) is 1. The maximum Gasteiger partial charge on any atom is 0.306 e. The minimum absolute atomic E-state index is 0.154. The molecule has 0 radical (unpaired) electrons. The predicted octanol–water partition coefficient (Wildman–Crippen LogP) is 2.92. The van der Waals surface area contributed by atoms with Crippen molar-refractivity contribution in [1.29, 1.82) is 0 Å². The summed E-state index contributed by atoms with van der Waals surface area (Å²) in [6, 6.07) is 5.74. The molecule has 1 aromatic carbocycles. The molecule has 1 saturated carbocycles. The van der Waals surface area contributed by atoms with E-state index in [0.717, 1.165) is 29.9 Å². The van der Waals surface area contributed by atoms with Crippen LogP contribution in [0.1, 0.15) is 31.2 Å².